The van der Waals surface area contributed by atoms with Gasteiger partial charge in [-0.3, -0.25) is 4.98 Å². The standard InChI is InChI=1S/C28H26F3N3O3/c1-17-15-34(16-18(2)36-17)25-12-9-20(13-32-25)24-14-33-26-22(5-4-6-23(26)27(24)35-3)19-7-10-21(11-8-19)37-28(29,30)31/h4-14,17-18H,15-16H2,1-3H3/t17-,18+. The number of methoxy groups -OCH3 is 1. The van der Waals surface area contributed by atoms with E-state index in [2.05, 4.69) is 23.5 Å². The Bertz CT molecular complexity index is 1380. The van der Waals surface area contributed by atoms with Gasteiger partial charge in [-0.1, -0.05) is 24.3 Å². The van der Waals surface area contributed by atoms with Gasteiger partial charge in [0.2, 0.25) is 0 Å². The van der Waals surface area contributed by atoms with E-state index in [1.807, 2.05) is 36.5 Å². The molecule has 0 unspecified atom stereocenters. The predicted octanol–water partition coefficient (Wildman–Crippen LogP) is 6.48. The highest BCUT2D eigenvalue weighted by atomic mass is 19.4. The Morgan fingerprint density at radius 2 is 1.57 bits per heavy atom. The molecule has 4 aromatic rings. The van der Waals surface area contributed by atoms with Gasteiger partial charge in [0.25, 0.3) is 0 Å². The number of nitrogens with zero attached hydrogens (tertiary/aromatic N) is 3. The van der Waals surface area contributed by atoms with Crippen LogP contribution >= 0.6 is 0 Å². The Labute approximate surface area is 212 Å². The minimum atomic E-state index is -4.74. The van der Waals surface area contributed by atoms with Gasteiger partial charge in [0.15, 0.2) is 0 Å². The fourth-order valence-corrected chi connectivity index (χ4v) is 4.79. The number of alkyl halides is 3. The van der Waals surface area contributed by atoms with E-state index in [4.69, 9.17) is 19.4 Å². The number of morpholine rings is 1. The lowest BCUT2D eigenvalue weighted by molar-refractivity contribution is -0.274. The third kappa shape index (κ3) is 5.32. The van der Waals surface area contributed by atoms with Crippen molar-refractivity contribution in [1.82, 2.24) is 9.97 Å². The summed E-state index contributed by atoms with van der Waals surface area (Å²) < 4.78 is 53.2. The van der Waals surface area contributed by atoms with Gasteiger partial charge < -0.3 is 19.1 Å². The number of rotatable bonds is 5. The lowest BCUT2D eigenvalue weighted by Crippen LogP contribution is -2.45. The first-order valence-corrected chi connectivity index (χ1v) is 11.9. The molecule has 2 aromatic carbocycles. The van der Waals surface area contributed by atoms with Gasteiger partial charge in [-0.25, -0.2) is 4.98 Å². The minimum Gasteiger partial charge on any atom is -0.495 e. The summed E-state index contributed by atoms with van der Waals surface area (Å²) in [6.45, 7) is 5.68. The molecule has 0 amide bonds. The van der Waals surface area contributed by atoms with Crippen molar-refractivity contribution in [2.24, 2.45) is 0 Å². The number of pyridine rings is 2. The average Bonchev–Trinajstić information content (AvgIpc) is 2.87. The number of anilines is 1. The maximum atomic E-state index is 12.5. The van der Waals surface area contributed by atoms with Crippen molar-refractivity contribution in [2.45, 2.75) is 32.4 Å². The molecule has 0 aliphatic carbocycles. The van der Waals surface area contributed by atoms with Crippen molar-refractivity contribution in [1.29, 1.82) is 0 Å². The third-order valence-corrected chi connectivity index (χ3v) is 6.25. The molecule has 0 radical (unpaired) electrons. The Kier molecular flexibility index (Phi) is 6.64. The first-order chi connectivity index (χ1) is 17.7. The van der Waals surface area contributed by atoms with E-state index < -0.39 is 6.36 Å². The number of para-hydroxylation sites is 1. The van der Waals surface area contributed by atoms with E-state index in [0.717, 1.165) is 41.0 Å². The molecule has 5 rings (SSSR count). The lowest BCUT2D eigenvalue weighted by Gasteiger charge is -2.36. The van der Waals surface area contributed by atoms with Crippen LogP contribution in [-0.2, 0) is 4.74 Å². The van der Waals surface area contributed by atoms with Crippen LogP contribution in [0, 0.1) is 0 Å². The Hall–Kier alpha value is -3.85. The van der Waals surface area contributed by atoms with Gasteiger partial charge in [-0.2, -0.15) is 0 Å². The van der Waals surface area contributed by atoms with E-state index in [1.165, 1.54) is 12.1 Å². The number of halogens is 3. The average molecular weight is 510 g/mol. The van der Waals surface area contributed by atoms with Crippen molar-refractivity contribution >= 4 is 16.7 Å². The molecule has 0 spiro atoms. The fourth-order valence-electron chi connectivity index (χ4n) is 4.79. The van der Waals surface area contributed by atoms with Crippen LogP contribution in [0.5, 0.6) is 11.5 Å². The van der Waals surface area contributed by atoms with E-state index in [9.17, 15) is 13.2 Å². The topological polar surface area (TPSA) is 56.7 Å². The quantitative estimate of drug-likeness (QED) is 0.307. The highest BCUT2D eigenvalue weighted by molar-refractivity contribution is 6.00. The highest BCUT2D eigenvalue weighted by Gasteiger charge is 2.31. The number of ether oxygens (including phenoxy) is 3. The van der Waals surface area contributed by atoms with E-state index in [-0.39, 0.29) is 18.0 Å². The molecule has 6 nitrogen and oxygen atoms in total. The molecule has 37 heavy (non-hydrogen) atoms. The van der Waals surface area contributed by atoms with Crippen molar-refractivity contribution < 1.29 is 27.4 Å². The Balaban J connectivity index is 1.48. The number of hydrogen-bond acceptors (Lipinski definition) is 6. The maximum Gasteiger partial charge on any atom is 0.573 e. The van der Waals surface area contributed by atoms with Crippen LogP contribution in [0.2, 0.25) is 0 Å². The molecular weight excluding hydrogens is 483 g/mol. The van der Waals surface area contributed by atoms with Gasteiger partial charge in [-0.15, -0.1) is 13.2 Å². The monoisotopic (exact) mass is 509 g/mol. The highest BCUT2D eigenvalue weighted by Crippen LogP contribution is 2.39. The van der Waals surface area contributed by atoms with Crippen molar-refractivity contribution in [3.63, 3.8) is 0 Å². The molecule has 1 fully saturated rings. The molecule has 1 saturated heterocycles. The summed E-state index contributed by atoms with van der Waals surface area (Å²) in [5.74, 6) is 1.26. The van der Waals surface area contributed by atoms with Crippen LogP contribution in [0.3, 0.4) is 0 Å². The third-order valence-electron chi connectivity index (χ3n) is 6.25. The molecule has 3 heterocycles. The second-order valence-electron chi connectivity index (χ2n) is 9.05. The molecule has 2 aromatic heterocycles. The molecular formula is C28H26F3N3O3. The zero-order chi connectivity index (χ0) is 26.2. The molecule has 1 aliphatic rings. The number of aromatic nitrogens is 2. The smallest absolute Gasteiger partial charge is 0.495 e. The second kappa shape index (κ2) is 9.89. The van der Waals surface area contributed by atoms with E-state index >= 15 is 0 Å². The second-order valence-corrected chi connectivity index (χ2v) is 9.05. The first-order valence-electron chi connectivity index (χ1n) is 11.9. The van der Waals surface area contributed by atoms with Crippen molar-refractivity contribution in [3.05, 3.63) is 67.0 Å². The van der Waals surface area contributed by atoms with Crippen LogP contribution in [-0.4, -0.2) is 48.7 Å². The summed E-state index contributed by atoms with van der Waals surface area (Å²) in [6, 6.07) is 15.4. The van der Waals surface area contributed by atoms with Gasteiger partial charge in [0.1, 0.15) is 17.3 Å². The van der Waals surface area contributed by atoms with Gasteiger partial charge in [0, 0.05) is 47.6 Å². The first kappa shape index (κ1) is 24.8. The summed E-state index contributed by atoms with van der Waals surface area (Å²) in [4.78, 5) is 11.6. The summed E-state index contributed by atoms with van der Waals surface area (Å²) in [5.41, 5.74) is 3.81. The predicted molar refractivity (Wildman–Crippen MR) is 136 cm³/mol. The van der Waals surface area contributed by atoms with Crippen LogP contribution in [0.25, 0.3) is 33.2 Å². The van der Waals surface area contributed by atoms with Crippen LogP contribution in [0.15, 0.2) is 67.0 Å². The van der Waals surface area contributed by atoms with Crippen LogP contribution in [0.4, 0.5) is 19.0 Å². The minimum absolute atomic E-state index is 0.137. The number of fused-ring (bicyclic) bond motifs is 1. The largest absolute Gasteiger partial charge is 0.573 e. The summed E-state index contributed by atoms with van der Waals surface area (Å²) in [7, 11) is 1.60. The van der Waals surface area contributed by atoms with Gasteiger partial charge in [0.05, 0.1) is 24.8 Å². The molecule has 9 heteroatoms. The number of hydrogen-bond donors (Lipinski definition) is 0. The zero-order valence-electron chi connectivity index (χ0n) is 20.6. The summed E-state index contributed by atoms with van der Waals surface area (Å²) in [5, 5.41) is 0.785. The molecule has 0 saturated carbocycles. The van der Waals surface area contributed by atoms with Crippen molar-refractivity contribution in [2.75, 3.05) is 25.1 Å². The fraction of sp³-hybridized carbons (Fsp3) is 0.286. The van der Waals surface area contributed by atoms with Gasteiger partial charge >= 0.3 is 6.36 Å². The maximum absolute atomic E-state index is 12.5. The van der Waals surface area contributed by atoms with Crippen LogP contribution < -0.4 is 14.4 Å². The zero-order valence-corrected chi connectivity index (χ0v) is 20.6. The molecule has 192 valence electrons. The summed E-state index contributed by atoms with van der Waals surface area (Å²) in [6.07, 6.45) is -0.913. The van der Waals surface area contributed by atoms with Crippen molar-refractivity contribution in [3.8, 4) is 33.8 Å². The van der Waals surface area contributed by atoms with Gasteiger partial charge in [-0.05, 0) is 49.7 Å². The molecule has 1 aliphatic heterocycles. The Morgan fingerprint density at radius 1 is 0.865 bits per heavy atom. The normalized spacial score (nSPS) is 18.2. The van der Waals surface area contributed by atoms with E-state index in [1.54, 1.807) is 25.4 Å². The Morgan fingerprint density at radius 3 is 2.19 bits per heavy atom. The lowest BCUT2D eigenvalue weighted by atomic mass is 9.99. The number of benzene rings is 2. The molecule has 0 bridgehead atoms. The van der Waals surface area contributed by atoms with Crippen LogP contribution in [0.1, 0.15) is 13.8 Å². The summed E-state index contributed by atoms with van der Waals surface area (Å²) >= 11 is 0. The SMILES string of the molecule is COc1c(-c2ccc(N3C[C@@H](C)O[C@@H](C)C3)nc2)cnc2c(-c3ccc(OC(F)(F)F)cc3)cccc12. The molecule has 0 N–H and O–H groups in total. The van der Waals surface area contributed by atoms with E-state index in [0.29, 0.717) is 16.8 Å². The molecule has 2 atom stereocenters.